The maximum Gasteiger partial charge on any atom is 0.328 e. The van der Waals surface area contributed by atoms with Crippen molar-refractivity contribution in [3.8, 4) is 0 Å². The van der Waals surface area contributed by atoms with E-state index in [1.54, 1.807) is 19.1 Å². The summed E-state index contributed by atoms with van der Waals surface area (Å²) in [6, 6.07) is 4.33. The summed E-state index contributed by atoms with van der Waals surface area (Å²) in [7, 11) is 0. The van der Waals surface area contributed by atoms with Crippen LogP contribution in [0.5, 0.6) is 0 Å². The molecular weight excluding hydrogens is 291 g/mol. The van der Waals surface area contributed by atoms with E-state index in [-0.39, 0.29) is 22.6 Å². The Labute approximate surface area is 129 Å². The lowest BCUT2D eigenvalue weighted by Gasteiger charge is -2.36. The molecule has 0 amide bonds. The second-order valence-electron chi connectivity index (χ2n) is 4.99. The molecule has 2 N–H and O–H groups in total. The summed E-state index contributed by atoms with van der Waals surface area (Å²) in [5.74, 6) is -0.718. The van der Waals surface area contributed by atoms with Crippen molar-refractivity contribution in [3.05, 3.63) is 29.6 Å². The largest absolute Gasteiger partial charge is 0.464 e. The summed E-state index contributed by atoms with van der Waals surface area (Å²) in [4.78, 5) is 14.0. The minimum absolute atomic E-state index is 0.0274. The summed E-state index contributed by atoms with van der Waals surface area (Å²) in [5.41, 5.74) is 6.34. The van der Waals surface area contributed by atoms with Gasteiger partial charge in [-0.15, -0.1) is 0 Å². The zero-order valence-corrected chi connectivity index (χ0v) is 12.8. The first kappa shape index (κ1) is 15.7. The summed E-state index contributed by atoms with van der Waals surface area (Å²) in [6.07, 6.45) is 2.65. The van der Waals surface area contributed by atoms with E-state index in [1.165, 1.54) is 6.07 Å². The maximum absolute atomic E-state index is 14.0. The number of carbonyl (C=O) groups is 1. The van der Waals surface area contributed by atoms with Crippen LogP contribution >= 0.6 is 12.2 Å². The van der Waals surface area contributed by atoms with Crippen LogP contribution in [0.25, 0.3) is 0 Å². The highest BCUT2D eigenvalue weighted by atomic mass is 32.1. The number of hydrogen-bond acceptors (Lipinski definition) is 4. The van der Waals surface area contributed by atoms with E-state index >= 15 is 0 Å². The van der Waals surface area contributed by atoms with Crippen molar-refractivity contribution in [2.75, 3.05) is 18.1 Å². The van der Waals surface area contributed by atoms with Crippen molar-refractivity contribution in [2.45, 2.75) is 32.2 Å². The van der Waals surface area contributed by atoms with E-state index in [4.69, 9.17) is 22.7 Å². The van der Waals surface area contributed by atoms with E-state index in [9.17, 15) is 9.18 Å². The third kappa shape index (κ3) is 3.50. The number of nitrogens with zero attached hydrogens (tertiary/aromatic N) is 1. The lowest BCUT2D eigenvalue weighted by Crippen LogP contribution is -2.45. The van der Waals surface area contributed by atoms with Crippen molar-refractivity contribution in [1.29, 1.82) is 0 Å². The Bertz CT molecular complexity index is 550. The van der Waals surface area contributed by atoms with Gasteiger partial charge in [0.2, 0.25) is 0 Å². The Hall–Kier alpha value is -1.69. The molecule has 0 saturated carbocycles. The van der Waals surface area contributed by atoms with Gasteiger partial charge in [0.1, 0.15) is 16.8 Å². The molecule has 0 bridgehead atoms. The van der Waals surface area contributed by atoms with E-state index in [0.29, 0.717) is 18.8 Å². The number of esters is 1. The standard InChI is InChI=1S/C15H19FN2O2S/c1-2-20-15(19)13-5-3-4-8-18(13)10-6-7-11(14(17)21)12(16)9-10/h6-7,9,13H,2-5,8H2,1H3,(H2,17,21). The van der Waals surface area contributed by atoms with E-state index < -0.39 is 5.82 Å². The van der Waals surface area contributed by atoms with Crippen molar-refractivity contribution in [1.82, 2.24) is 0 Å². The molecule has 0 radical (unpaired) electrons. The fourth-order valence-electron chi connectivity index (χ4n) is 2.61. The van der Waals surface area contributed by atoms with Crippen LogP contribution in [0.3, 0.4) is 0 Å². The zero-order valence-electron chi connectivity index (χ0n) is 12.0. The van der Waals surface area contributed by atoms with Crippen LogP contribution in [0.15, 0.2) is 18.2 Å². The molecule has 1 aliphatic rings. The molecule has 1 aliphatic heterocycles. The van der Waals surface area contributed by atoms with Crippen LogP contribution < -0.4 is 10.6 Å². The molecule has 1 heterocycles. The Morgan fingerprint density at radius 2 is 2.29 bits per heavy atom. The molecule has 4 nitrogen and oxygen atoms in total. The van der Waals surface area contributed by atoms with Crippen LogP contribution in [-0.4, -0.2) is 30.2 Å². The van der Waals surface area contributed by atoms with Gasteiger partial charge in [-0.2, -0.15) is 0 Å². The fraction of sp³-hybridized carbons (Fsp3) is 0.467. The van der Waals surface area contributed by atoms with E-state index in [0.717, 1.165) is 19.3 Å². The average molecular weight is 310 g/mol. The van der Waals surface area contributed by atoms with Gasteiger partial charge >= 0.3 is 5.97 Å². The highest BCUT2D eigenvalue weighted by molar-refractivity contribution is 7.80. The Morgan fingerprint density at radius 1 is 1.52 bits per heavy atom. The van der Waals surface area contributed by atoms with Crippen LogP contribution in [0.4, 0.5) is 10.1 Å². The van der Waals surface area contributed by atoms with Gasteiger partial charge in [-0.05, 0) is 44.4 Å². The Morgan fingerprint density at radius 3 is 2.90 bits per heavy atom. The minimum Gasteiger partial charge on any atom is -0.464 e. The molecule has 0 aromatic heterocycles. The van der Waals surface area contributed by atoms with Crippen LogP contribution in [-0.2, 0) is 9.53 Å². The van der Waals surface area contributed by atoms with Crippen molar-refractivity contribution >= 4 is 28.9 Å². The van der Waals surface area contributed by atoms with Crippen LogP contribution in [0.2, 0.25) is 0 Å². The quantitative estimate of drug-likeness (QED) is 0.683. The van der Waals surface area contributed by atoms with Crippen molar-refractivity contribution < 1.29 is 13.9 Å². The highest BCUT2D eigenvalue weighted by Gasteiger charge is 2.30. The molecule has 114 valence electrons. The monoisotopic (exact) mass is 310 g/mol. The highest BCUT2D eigenvalue weighted by Crippen LogP contribution is 2.27. The Kier molecular flexibility index (Phi) is 5.12. The molecule has 1 saturated heterocycles. The molecule has 0 aliphatic carbocycles. The van der Waals surface area contributed by atoms with Gasteiger partial charge in [0.25, 0.3) is 0 Å². The van der Waals surface area contributed by atoms with Gasteiger partial charge in [-0.25, -0.2) is 9.18 Å². The van der Waals surface area contributed by atoms with Crippen LogP contribution in [0.1, 0.15) is 31.7 Å². The lowest BCUT2D eigenvalue weighted by atomic mass is 10.0. The molecule has 1 aromatic rings. The zero-order chi connectivity index (χ0) is 15.4. The normalized spacial score (nSPS) is 18.4. The SMILES string of the molecule is CCOC(=O)C1CCCCN1c1ccc(C(N)=S)c(F)c1. The topological polar surface area (TPSA) is 55.6 Å². The maximum atomic E-state index is 14.0. The molecule has 6 heteroatoms. The van der Waals surface area contributed by atoms with Crippen molar-refractivity contribution in [2.24, 2.45) is 5.73 Å². The van der Waals surface area contributed by atoms with Gasteiger partial charge in [-0.1, -0.05) is 12.2 Å². The van der Waals surface area contributed by atoms with Gasteiger partial charge < -0.3 is 15.4 Å². The number of thiocarbonyl (C=S) groups is 1. The molecule has 21 heavy (non-hydrogen) atoms. The van der Waals surface area contributed by atoms with Crippen molar-refractivity contribution in [3.63, 3.8) is 0 Å². The number of anilines is 1. The average Bonchev–Trinajstić information content (AvgIpc) is 2.47. The lowest BCUT2D eigenvalue weighted by molar-refractivity contribution is -0.145. The summed E-state index contributed by atoms with van der Waals surface area (Å²) in [6.45, 7) is 2.83. The first-order valence-corrected chi connectivity index (χ1v) is 7.48. The second kappa shape index (κ2) is 6.85. The number of ether oxygens (including phenoxy) is 1. The summed E-state index contributed by atoms with van der Waals surface area (Å²) >= 11 is 4.80. The Balaban J connectivity index is 2.27. The number of piperidine rings is 1. The molecule has 0 spiro atoms. The number of nitrogens with two attached hydrogens (primary N) is 1. The molecule has 2 rings (SSSR count). The predicted molar refractivity (Wildman–Crippen MR) is 83.9 cm³/mol. The van der Waals surface area contributed by atoms with Gasteiger partial charge in [-0.3, -0.25) is 0 Å². The third-order valence-electron chi connectivity index (χ3n) is 3.61. The summed E-state index contributed by atoms with van der Waals surface area (Å²) < 4.78 is 19.1. The first-order chi connectivity index (χ1) is 10.0. The van der Waals surface area contributed by atoms with Gasteiger partial charge in [0, 0.05) is 17.8 Å². The fourth-order valence-corrected chi connectivity index (χ4v) is 2.77. The summed E-state index contributed by atoms with van der Waals surface area (Å²) in [5, 5.41) is 0. The number of rotatable bonds is 4. The first-order valence-electron chi connectivity index (χ1n) is 7.07. The molecule has 1 aromatic carbocycles. The van der Waals surface area contributed by atoms with Gasteiger partial charge in [0.05, 0.1) is 6.61 Å². The van der Waals surface area contributed by atoms with E-state index in [1.807, 2.05) is 4.90 Å². The number of benzene rings is 1. The predicted octanol–water partition coefficient (Wildman–Crippen LogP) is 2.38. The number of hydrogen-bond donors (Lipinski definition) is 1. The second-order valence-corrected chi connectivity index (χ2v) is 5.43. The minimum atomic E-state index is -0.465. The van der Waals surface area contributed by atoms with Gasteiger partial charge in [0.15, 0.2) is 0 Å². The number of carbonyl (C=O) groups excluding carboxylic acids is 1. The third-order valence-corrected chi connectivity index (χ3v) is 3.83. The van der Waals surface area contributed by atoms with E-state index in [2.05, 4.69) is 0 Å². The molecular formula is C15H19FN2O2S. The number of halogens is 1. The molecule has 1 fully saturated rings. The molecule has 1 unspecified atom stereocenters. The van der Waals surface area contributed by atoms with Crippen LogP contribution in [0, 0.1) is 5.82 Å². The smallest absolute Gasteiger partial charge is 0.328 e. The molecule has 1 atom stereocenters.